The molecule has 1 N–H and O–H groups in total. The molecule has 0 spiro atoms. The first-order valence-electron chi connectivity index (χ1n) is 9.19. The Bertz CT molecular complexity index is 1150. The molecule has 0 atom stereocenters. The lowest BCUT2D eigenvalue weighted by Gasteiger charge is -2.09. The van der Waals surface area contributed by atoms with Crippen LogP contribution < -0.4 is 5.43 Å². The van der Waals surface area contributed by atoms with E-state index in [9.17, 15) is 4.79 Å². The number of rotatable bonds is 7. The lowest BCUT2D eigenvalue weighted by Crippen LogP contribution is -2.20. The van der Waals surface area contributed by atoms with Crippen LogP contribution in [0, 0.1) is 6.92 Å². The molecule has 0 bridgehead atoms. The number of carbonyl (C=O) groups excluding carboxylic acids is 1. The standard InChI is InChI=1S/C22H20N4OS2/c1-16-11-12-28-20(16)13-23-25-21(27)15-29-22-24-18-9-5-6-10-19(18)26(22)14-17-7-3-2-4-8-17/h2-13H,14-15H2,1H3,(H,25,27)/b23-13+. The van der Waals surface area contributed by atoms with E-state index in [-0.39, 0.29) is 11.7 Å². The normalized spacial score (nSPS) is 11.3. The van der Waals surface area contributed by atoms with Crippen LogP contribution in [0.1, 0.15) is 16.0 Å². The Morgan fingerprint density at radius 3 is 2.76 bits per heavy atom. The maximum Gasteiger partial charge on any atom is 0.250 e. The first-order valence-corrected chi connectivity index (χ1v) is 11.1. The van der Waals surface area contributed by atoms with Crippen molar-refractivity contribution >= 4 is 46.3 Å². The number of hydrogen-bond acceptors (Lipinski definition) is 5. The molecule has 0 saturated carbocycles. The second-order valence-electron chi connectivity index (χ2n) is 6.50. The molecule has 0 unspecified atom stereocenters. The lowest BCUT2D eigenvalue weighted by molar-refractivity contribution is -0.118. The fourth-order valence-corrected chi connectivity index (χ4v) is 4.52. The van der Waals surface area contributed by atoms with E-state index in [1.54, 1.807) is 17.6 Å². The van der Waals surface area contributed by atoms with Crippen molar-refractivity contribution in [3.05, 3.63) is 82.0 Å². The summed E-state index contributed by atoms with van der Waals surface area (Å²) in [6, 6.07) is 20.3. The zero-order valence-corrected chi connectivity index (χ0v) is 17.5. The zero-order valence-electron chi connectivity index (χ0n) is 15.9. The van der Waals surface area contributed by atoms with Gasteiger partial charge in [0, 0.05) is 4.88 Å². The van der Waals surface area contributed by atoms with Crippen molar-refractivity contribution in [2.45, 2.75) is 18.6 Å². The molecule has 1 amide bonds. The van der Waals surface area contributed by atoms with Gasteiger partial charge in [-0.15, -0.1) is 11.3 Å². The van der Waals surface area contributed by atoms with Crippen LogP contribution in [-0.2, 0) is 11.3 Å². The summed E-state index contributed by atoms with van der Waals surface area (Å²) < 4.78 is 2.15. The average Bonchev–Trinajstić information content (AvgIpc) is 3.31. The van der Waals surface area contributed by atoms with Crippen LogP contribution in [0.25, 0.3) is 11.0 Å². The van der Waals surface area contributed by atoms with Gasteiger partial charge in [-0.2, -0.15) is 5.10 Å². The summed E-state index contributed by atoms with van der Waals surface area (Å²) in [5.41, 5.74) is 6.93. The highest BCUT2D eigenvalue weighted by Crippen LogP contribution is 2.25. The molecule has 0 aliphatic carbocycles. The maximum atomic E-state index is 12.2. The molecule has 2 heterocycles. The molecule has 0 fully saturated rings. The van der Waals surface area contributed by atoms with Gasteiger partial charge in [0.05, 0.1) is 29.5 Å². The highest BCUT2D eigenvalue weighted by Gasteiger charge is 2.13. The number of aryl methyl sites for hydroxylation is 1. The Hall–Kier alpha value is -2.90. The van der Waals surface area contributed by atoms with Gasteiger partial charge in [0.1, 0.15) is 0 Å². The predicted molar refractivity (Wildman–Crippen MR) is 121 cm³/mol. The van der Waals surface area contributed by atoms with Gasteiger partial charge in [-0.3, -0.25) is 4.79 Å². The average molecular weight is 421 g/mol. The summed E-state index contributed by atoms with van der Waals surface area (Å²) in [7, 11) is 0. The molecular weight excluding hydrogens is 400 g/mol. The molecule has 4 rings (SSSR count). The van der Waals surface area contributed by atoms with Crippen molar-refractivity contribution < 1.29 is 4.79 Å². The van der Waals surface area contributed by atoms with Crippen molar-refractivity contribution in [2.75, 3.05) is 5.75 Å². The molecule has 5 nitrogen and oxygen atoms in total. The van der Waals surface area contributed by atoms with E-state index in [1.807, 2.05) is 54.8 Å². The van der Waals surface area contributed by atoms with Gasteiger partial charge in [-0.05, 0) is 41.6 Å². The molecule has 29 heavy (non-hydrogen) atoms. The van der Waals surface area contributed by atoms with Crippen LogP contribution in [0.4, 0.5) is 0 Å². The van der Waals surface area contributed by atoms with Crippen LogP contribution in [0.15, 0.2) is 76.3 Å². The van der Waals surface area contributed by atoms with Crippen LogP contribution in [0.2, 0.25) is 0 Å². The third kappa shape index (κ3) is 4.75. The molecule has 146 valence electrons. The Morgan fingerprint density at radius 2 is 1.97 bits per heavy atom. The minimum atomic E-state index is -0.154. The van der Waals surface area contributed by atoms with E-state index in [1.165, 1.54) is 17.3 Å². The van der Waals surface area contributed by atoms with Gasteiger partial charge in [0.25, 0.3) is 5.91 Å². The summed E-state index contributed by atoms with van der Waals surface area (Å²) in [5, 5.41) is 6.89. The Morgan fingerprint density at radius 1 is 1.17 bits per heavy atom. The number of para-hydroxylation sites is 2. The Labute approximate surface area is 177 Å². The molecular formula is C22H20N4OS2. The van der Waals surface area contributed by atoms with Gasteiger partial charge in [-0.25, -0.2) is 10.4 Å². The molecule has 4 aromatic rings. The largest absolute Gasteiger partial charge is 0.314 e. The van der Waals surface area contributed by atoms with Gasteiger partial charge in [-0.1, -0.05) is 54.2 Å². The lowest BCUT2D eigenvalue weighted by atomic mass is 10.2. The second kappa shape index (κ2) is 9.07. The van der Waals surface area contributed by atoms with E-state index in [2.05, 4.69) is 33.3 Å². The van der Waals surface area contributed by atoms with Crippen molar-refractivity contribution in [1.29, 1.82) is 0 Å². The number of thiophene rings is 1. The molecule has 0 saturated heterocycles. The van der Waals surface area contributed by atoms with E-state index < -0.39 is 0 Å². The highest BCUT2D eigenvalue weighted by molar-refractivity contribution is 7.99. The van der Waals surface area contributed by atoms with E-state index in [0.717, 1.165) is 26.6 Å². The molecule has 0 aliphatic heterocycles. The number of benzene rings is 2. The minimum absolute atomic E-state index is 0.154. The zero-order chi connectivity index (χ0) is 20.1. The third-order valence-electron chi connectivity index (χ3n) is 4.41. The van der Waals surface area contributed by atoms with E-state index >= 15 is 0 Å². The fraction of sp³-hybridized carbons (Fsp3) is 0.136. The first-order chi connectivity index (χ1) is 14.2. The number of nitrogens with zero attached hydrogens (tertiary/aromatic N) is 3. The smallest absolute Gasteiger partial charge is 0.250 e. The van der Waals surface area contributed by atoms with Gasteiger partial charge < -0.3 is 4.57 Å². The number of fused-ring (bicyclic) bond motifs is 1. The Balaban J connectivity index is 1.46. The number of hydrogen-bond donors (Lipinski definition) is 1. The molecule has 2 aromatic heterocycles. The van der Waals surface area contributed by atoms with Crippen molar-refractivity contribution in [3.63, 3.8) is 0 Å². The summed E-state index contributed by atoms with van der Waals surface area (Å²) in [6.45, 7) is 2.73. The quantitative estimate of drug-likeness (QED) is 0.268. The minimum Gasteiger partial charge on any atom is -0.314 e. The van der Waals surface area contributed by atoms with E-state index in [4.69, 9.17) is 4.98 Å². The fourth-order valence-electron chi connectivity index (χ4n) is 2.92. The van der Waals surface area contributed by atoms with Crippen LogP contribution in [0.5, 0.6) is 0 Å². The number of aromatic nitrogens is 2. The van der Waals surface area contributed by atoms with Crippen LogP contribution >= 0.6 is 23.1 Å². The van der Waals surface area contributed by atoms with Gasteiger partial charge >= 0.3 is 0 Å². The molecule has 7 heteroatoms. The SMILES string of the molecule is Cc1ccsc1/C=N/NC(=O)CSc1nc2ccccc2n1Cc1ccccc1. The van der Waals surface area contributed by atoms with Crippen molar-refractivity contribution in [3.8, 4) is 0 Å². The Kier molecular flexibility index (Phi) is 6.07. The number of nitrogens with one attached hydrogen (secondary N) is 1. The molecule has 0 aliphatic rings. The van der Waals surface area contributed by atoms with Crippen LogP contribution in [0.3, 0.4) is 0 Å². The first kappa shape index (κ1) is 19.4. The van der Waals surface area contributed by atoms with Gasteiger partial charge in [0.2, 0.25) is 0 Å². The number of thioether (sulfide) groups is 1. The predicted octanol–water partition coefficient (Wildman–Crippen LogP) is 4.70. The molecule has 0 radical (unpaired) electrons. The van der Waals surface area contributed by atoms with Crippen molar-refractivity contribution in [1.82, 2.24) is 15.0 Å². The summed E-state index contributed by atoms with van der Waals surface area (Å²) in [4.78, 5) is 18.0. The summed E-state index contributed by atoms with van der Waals surface area (Å²) in [6.07, 6.45) is 1.69. The summed E-state index contributed by atoms with van der Waals surface area (Å²) in [5.74, 6) is 0.0950. The van der Waals surface area contributed by atoms with Crippen LogP contribution in [-0.4, -0.2) is 27.4 Å². The number of hydrazone groups is 1. The number of carbonyl (C=O) groups is 1. The number of imidazole rings is 1. The summed E-state index contributed by atoms with van der Waals surface area (Å²) >= 11 is 3.02. The monoisotopic (exact) mass is 420 g/mol. The molecule has 2 aromatic carbocycles. The number of amides is 1. The van der Waals surface area contributed by atoms with Gasteiger partial charge in [0.15, 0.2) is 5.16 Å². The van der Waals surface area contributed by atoms with Crippen molar-refractivity contribution in [2.24, 2.45) is 5.10 Å². The highest BCUT2D eigenvalue weighted by atomic mass is 32.2. The third-order valence-corrected chi connectivity index (χ3v) is 6.34. The maximum absolute atomic E-state index is 12.2. The van der Waals surface area contributed by atoms with E-state index in [0.29, 0.717) is 6.54 Å². The second-order valence-corrected chi connectivity index (χ2v) is 8.39. The topological polar surface area (TPSA) is 59.3 Å².